The topological polar surface area (TPSA) is 84.0 Å². The quantitative estimate of drug-likeness (QED) is 0.629. The molecule has 26 heavy (non-hydrogen) atoms. The fourth-order valence-electron chi connectivity index (χ4n) is 2.50. The highest BCUT2D eigenvalue weighted by Crippen LogP contribution is 2.25. The first kappa shape index (κ1) is 19.8. The Morgan fingerprint density at radius 3 is 2.62 bits per heavy atom. The van der Waals surface area contributed by atoms with Gasteiger partial charge in [-0.1, -0.05) is 11.8 Å². The van der Waals surface area contributed by atoms with Gasteiger partial charge in [-0.25, -0.2) is 0 Å². The summed E-state index contributed by atoms with van der Waals surface area (Å²) in [6, 6.07) is 9.72. The van der Waals surface area contributed by atoms with Crippen molar-refractivity contribution in [3.05, 3.63) is 24.3 Å². The van der Waals surface area contributed by atoms with Crippen molar-refractivity contribution in [2.75, 3.05) is 26.0 Å². The predicted molar refractivity (Wildman–Crippen MR) is 101 cm³/mol. The normalized spacial score (nSPS) is 10.4. The second-order valence-corrected chi connectivity index (χ2v) is 6.39. The van der Waals surface area contributed by atoms with E-state index in [1.807, 2.05) is 42.7 Å². The van der Waals surface area contributed by atoms with Gasteiger partial charge in [-0.2, -0.15) is 5.26 Å². The summed E-state index contributed by atoms with van der Waals surface area (Å²) in [5.41, 5.74) is 0.947. The molecule has 0 unspecified atom stereocenters. The van der Waals surface area contributed by atoms with Crippen LogP contribution in [-0.4, -0.2) is 51.5 Å². The molecule has 7 nitrogen and oxygen atoms in total. The summed E-state index contributed by atoms with van der Waals surface area (Å²) in [7, 11) is 1.63. The summed E-state index contributed by atoms with van der Waals surface area (Å²) in [6.45, 7) is 5.70. The number of benzene rings is 1. The monoisotopic (exact) mass is 373 g/mol. The zero-order valence-corrected chi connectivity index (χ0v) is 16.1. The van der Waals surface area contributed by atoms with Crippen molar-refractivity contribution >= 4 is 17.7 Å². The molecule has 1 heterocycles. The minimum absolute atomic E-state index is 0.00407. The Morgan fingerprint density at radius 2 is 2.04 bits per heavy atom. The standard InChI is InChI=1S/C18H23N5O2S/c1-4-22(12-6-11-19)16(24)13-26-18-21-20-17(23(18)5-2)14-7-9-15(25-3)10-8-14/h7-10H,4-6,12-13H2,1-3H3. The number of carbonyl (C=O) groups is 1. The number of carbonyl (C=O) groups excluding carboxylic acids is 1. The lowest BCUT2D eigenvalue weighted by Crippen LogP contribution is -2.33. The van der Waals surface area contributed by atoms with Gasteiger partial charge < -0.3 is 14.2 Å². The molecule has 0 aliphatic heterocycles. The average Bonchev–Trinajstić information content (AvgIpc) is 3.09. The van der Waals surface area contributed by atoms with E-state index in [2.05, 4.69) is 16.3 Å². The Labute approximate surface area is 158 Å². The van der Waals surface area contributed by atoms with Crippen LogP contribution in [0, 0.1) is 11.3 Å². The summed E-state index contributed by atoms with van der Waals surface area (Å²) in [5, 5.41) is 17.9. The van der Waals surface area contributed by atoms with Crippen LogP contribution in [0.4, 0.5) is 0 Å². The number of aromatic nitrogens is 3. The number of methoxy groups -OCH3 is 1. The molecular weight excluding hydrogens is 350 g/mol. The van der Waals surface area contributed by atoms with E-state index in [1.54, 1.807) is 12.0 Å². The van der Waals surface area contributed by atoms with Crippen LogP contribution < -0.4 is 4.74 Å². The van der Waals surface area contributed by atoms with Gasteiger partial charge in [0.05, 0.1) is 25.4 Å². The summed E-state index contributed by atoms with van der Waals surface area (Å²) in [4.78, 5) is 14.0. The molecule has 0 saturated carbocycles. The number of hydrogen-bond acceptors (Lipinski definition) is 6. The molecule has 0 radical (unpaired) electrons. The Morgan fingerprint density at radius 1 is 1.31 bits per heavy atom. The van der Waals surface area contributed by atoms with E-state index in [9.17, 15) is 4.79 Å². The lowest BCUT2D eigenvalue weighted by Gasteiger charge is -2.19. The van der Waals surface area contributed by atoms with Crippen LogP contribution in [0.5, 0.6) is 5.75 Å². The van der Waals surface area contributed by atoms with E-state index in [1.165, 1.54) is 11.8 Å². The smallest absolute Gasteiger partial charge is 0.233 e. The lowest BCUT2D eigenvalue weighted by atomic mass is 10.2. The molecule has 0 bridgehead atoms. The van der Waals surface area contributed by atoms with Crippen molar-refractivity contribution in [3.8, 4) is 23.2 Å². The van der Waals surface area contributed by atoms with Crippen LogP contribution in [0.2, 0.25) is 0 Å². The number of rotatable bonds is 9. The second kappa shape index (κ2) is 9.82. The summed E-state index contributed by atoms with van der Waals surface area (Å²) < 4.78 is 7.17. The van der Waals surface area contributed by atoms with Gasteiger partial charge >= 0.3 is 0 Å². The van der Waals surface area contributed by atoms with E-state index >= 15 is 0 Å². The summed E-state index contributed by atoms with van der Waals surface area (Å²) in [5.74, 6) is 1.83. The molecule has 1 amide bonds. The van der Waals surface area contributed by atoms with E-state index in [0.29, 0.717) is 31.2 Å². The van der Waals surface area contributed by atoms with Crippen molar-refractivity contribution in [2.24, 2.45) is 0 Å². The Bertz CT molecular complexity index is 767. The third-order valence-electron chi connectivity index (χ3n) is 3.93. The highest BCUT2D eigenvalue weighted by atomic mass is 32.2. The number of thioether (sulfide) groups is 1. The molecule has 0 aliphatic carbocycles. The fraction of sp³-hybridized carbons (Fsp3) is 0.444. The molecule has 0 aliphatic rings. The van der Waals surface area contributed by atoms with Crippen molar-refractivity contribution in [3.63, 3.8) is 0 Å². The first-order valence-corrected chi connectivity index (χ1v) is 9.48. The maximum Gasteiger partial charge on any atom is 0.233 e. The summed E-state index contributed by atoms with van der Waals surface area (Å²) >= 11 is 1.37. The number of nitrogens with zero attached hydrogens (tertiary/aromatic N) is 5. The third kappa shape index (κ3) is 4.76. The van der Waals surface area contributed by atoms with Gasteiger partial charge in [-0.15, -0.1) is 10.2 Å². The number of nitriles is 1. The third-order valence-corrected chi connectivity index (χ3v) is 4.89. The van der Waals surface area contributed by atoms with Crippen LogP contribution in [0.1, 0.15) is 20.3 Å². The van der Waals surface area contributed by atoms with E-state index < -0.39 is 0 Å². The van der Waals surface area contributed by atoms with Gasteiger partial charge in [0.2, 0.25) is 5.91 Å². The van der Waals surface area contributed by atoms with Gasteiger partial charge in [0, 0.05) is 25.2 Å². The maximum atomic E-state index is 12.3. The first-order chi connectivity index (χ1) is 12.6. The van der Waals surface area contributed by atoms with Crippen molar-refractivity contribution < 1.29 is 9.53 Å². The molecule has 1 aromatic carbocycles. The first-order valence-electron chi connectivity index (χ1n) is 8.49. The molecule has 1 aromatic heterocycles. The molecular formula is C18H23N5O2S. The van der Waals surface area contributed by atoms with E-state index in [4.69, 9.17) is 10.00 Å². The zero-order chi connectivity index (χ0) is 18.9. The SMILES string of the molecule is CCN(CCC#N)C(=O)CSc1nnc(-c2ccc(OC)cc2)n1CC. The van der Waals surface area contributed by atoms with Crippen molar-refractivity contribution in [2.45, 2.75) is 32.0 Å². The number of amides is 1. The molecule has 2 rings (SSSR count). The van der Waals surface area contributed by atoms with Crippen LogP contribution in [0.3, 0.4) is 0 Å². The lowest BCUT2D eigenvalue weighted by molar-refractivity contribution is -0.128. The highest BCUT2D eigenvalue weighted by molar-refractivity contribution is 7.99. The van der Waals surface area contributed by atoms with Gasteiger partial charge in [0.15, 0.2) is 11.0 Å². The molecule has 0 saturated heterocycles. The molecule has 2 aromatic rings. The van der Waals surface area contributed by atoms with Crippen molar-refractivity contribution in [1.82, 2.24) is 19.7 Å². The van der Waals surface area contributed by atoms with Gasteiger partial charge in [0.25, 0.3) is 0 Å². The molecule has 0 fully saturated rings. The average molecular weight is 373 g/mol. The molecule has 0 spiro atoms. The van der Waals surface area contributed by atoms with Crippen molar-refractivity contribution in [1.29, 1.82) is 5.26 Å². The Balaban J connectivity index is 2.09. The van der Waals surface area contributed by atoms with Crippen LogP contribution in [0.25, 0.3) is 11.4 Å². The zero-order valence-electron chi connectivity index (χ0n) is 15.3. The van der Waals surface area contributed by atoms with Crippen LogP contribution >= 0.6 is 11.8 Å². The van der Waals surface area contributed by atoms with E-state index in [-0.39, 0.29) is 11.7 Å². The largest absolute Gasteiger partial charge is 0.497 e. The second-order valence-electron chi connectivity index (χ2n) is 5.45. The molecule has 0 N–H and O–H groups in total. The van der Waals surface area contributed by atoms with E-state index in [0.717, 1.165) is 17.1 Å². The minimum Gasteiger partial charge on any atom is -0.497 e. The fourth-order valence-corrected chi connectivity index (χ4v) is 3.40. The van der Waals surface area contributed by atoms with Gasteiger partial charge in [-0.05, 0) is 38.1 Å². The minimum atomic E-state index is 0.00407. The van der Waals surface area contributed by atoms with Gasteiger partial charge in [0.1, 0.15) is 5.75 Å². The Hall–Kier alpha value is -2.53. The Kier molecular flexibility index (Phi) is 7.48. The maximum absolute atomic E-state index is 12.3. The highest BCUT2D eigenvalue weighted by Gasteiger charge is 2.17. The molecule has 8 heteroatoms. The summed E-state index contributed by atoms with van der Waals surface area (Å²) in [6.07, 6.45) is 0.344. The number of ether oxygens (including phenoxy) is 1. The molecule has 138 valence electrons. The van der Waals surface area contributed by atoms with Gasteiger partial charge in [-0.3, -0.25) is 4.79 Å². The number of hydrogen-bond donors (Lipinski definition) is 0. The van der Waals surface area contributed by atoms with Crippen LogP contribution in [0.15, 0.2) is 29.4 Å². The molecule has 0 atom stereocenters. The predicted octanol–water partition coefficient (Wildman–Crippen LogP) is 2.83. The van der Waals surface area contributed by atoms with Crippen LogP contribution in [-0.2, 0) is 11.3 Å².